The maximum Gasteiger partial charge on any atom is 0.260 e. The number of carbonyl (C=O) groups excluding carboxylic acids is 1. The molecule has 25 heavy (non-hydrogen) atoms. The Morgan fingerprint density at radius 2 is 2.08 bits per heavy atom. The molecule has 132 valence electrons. The molecule has 0 saturated carbocycles. The Labute approximate surface area is 153 Å². The van der Waals surface area contributed by atoms with E-state index < -0.39 is 0 Å². The lowest BCUT2D eigenvalue weighted by Crippen LogP contribution is -2.41. The van der Waals surface area contributed by atoms with Crippen LogP contribution in [0.3, 0.4) is 0 Å². The van der Waals surface area contributed by atoms with E-state index in [9.17, 15) is 4.79 Å². The van der Waals surface area contributed by atoms with Gasteiger partial charge < -0.3 is 9.64 Å². The van der Waals surface area contributed by atoms with Gasteiger partial charge in [0.25, 0.3) is 5.91 Å². The van der Waals surface area contributed by atoms with Gasteiger partial charge >= 0.3 is 0 Å². The zero-order valence-corrected chi connectivity index (χ0v) is 15.3. The Balaban J connectivity index is 1.68. The highest BCUT2D eigenvalue weighted by Crippen LogP contribution is 2.21. The summed E-state index contributed by atoms with van der Waals surface area (Å²) in [6.45, 7) is 5.67. The van der Waals surface area contributed by atoms with Crippen molar-refractivity contribution in [1.82, 2.24) is 14.9 Å². The number of likely N-dealkylation sites (tertiary alicyclic amines) is 1. The van der Waals surface area contributed by atoms with Gasteiger partial charge in [-0.3, -0.25) is 4.79 Å². The summed E-state index contributed by atoms with van der Waals surface area (Å²) >= 11 is 5.92. The third kappa shape index (κ3) is 4.69. The van der Waals surface area contributed by atoms with Crippen molar-refractivity contribution in [2.45, 2.75) is 26.7 Å². The fourth-order valence-electron chi connectivity index (χ4n) is 2.98. The van der Waals surface area contributed by atoms with Crippen molar-refractivity contribution in [3.63, 3.8) is 0 Å². The van der Waals surface area contributed by atoms with Crippen molar-refractivity contribution < 1.29 is 9.53 Å². The van der Waals surface area contributed by atoms with Crippen LogP contribution in [-0.2, 0) is 4.79 Å². The van der Waals surface area contributed by atoms with Gasteiger partial charge in [0.05, 0.1) is 0 Å². The summed E-state index contributed by atoms with van der Waals surface area (Å²) in [6.07, 6.45) is 2.24. The summed E-state index contributed by atoms with van der Waals surface area (Å²) in [5.41, 5.74) is 1.64. The second kappa shape index (κ2) is 7.83. The molecule has 1 aliphatic rings. The quantitative estimate of drug-likeness (QED) is 0.834. The predicted octanol–water partition coefficient (Wildman–Crippen LogP) is 3.74. The molecule has 0 radical (unpaired) electrons. The third-order valence-corrected chi connectivity index (χ3v) is 4.54. The summed E-state index contributed by atoms with van der Waals surface area (Å²) in [5, 5.41) is 0.661. The van der Waals surface area contributed by atoms with Crippen LogP contribution in [0.4, 0.5) is 0 Å². The molecule has 0 spiro atoms. The van der Waals surface area contributed by atoms with E-state index in [1.54, 1.807) is 18.2 Å². The molecule has 1 saturated heterocycles. The fraction of sp³-hybridized carbons (Fsp3) is 0.421. The van der Waals surface area contributed by atoms with Gasteiger partial charge in [0.1, 0.15) is 0 Å². The number of rotatable bonds is 4. The number of halogens is 1. The SMILES string of the molecule is Cc1cc(OCC(=O)N2CCC[C@@H](C)C2)nc(-c2ccc(Cl)cc2)n1. The minimum Gasteiger partial charge on any atom is -0.467 e. The largest absolute Gasteiger partial charge is 0.467 e. The van der Waals surface area contributed by atoms with Crippen LogP contribution in [0.25, 0.3) is 11.4 Å². The monoisotopic (exact) mass is 359 g/mol. The van der Waals surface area contributed by atoms with Crippen LogP contribution in [0.15, 0.2) is 30.3 Å². The number of nitrogens with zero attached hydrogens (tertiary/aromatic N) is 3. The first-order valence-corrected chi connectivity index (χ1v) is 8.91. The first-order chi connectivity index (χ1) is 12.0. The van der Waals surface area contributed by atoms with E-state index in [1.807, 2.05) is 24.0 Å². The fourth-order valence-corrected chi connectivity index (χ4v) is 3.11. The highest BCUT2D eigenvalue weighted by molar-refractivity contribution is 6.30. The maximum absolute atomic E-state index is 12.3. The van der Waals surface area contributed by atoms with Gasteiger partial charge in [-0.2, -0.15) is 4.98 Å². The third-order valence-electron chi connectivity index (χ3n) is 4.29. The number of carbonyl (C=O) groups is 1. The minimum absolute atomic E-state index is 0.00321. The number of piperidine rings is 1. The number of aryl methyl sites for hydroxylation is 1. The smallest absolute Gasteiger partial charge is 0.260 e. The molecule has 2 heterocycles. The van der Waals surface area contributed by atoms with E-state index in [4.69, 9.17) is 16.3 Å². The molecule has 1 atom stereocenters. The van der Waals surface area contributed by atoms with E-state index in [-0.39, 0.29) is 12.5 Å². The van der Waals surface area contributed by atoms with Crippen LogP contribution >= 0.6 is 11.6 Å². The number of amides is 1. The Morgan fingerprint density at radius 1 is 1.32 bits per heavy atom. The molecular formula is C19H22ClN3O2. The molecule has 1 aromatic heterocycles. The zero-order valence-electron chi connectivity index (χ0n) is 14.5. The van der Waals surface area contributed by atoms with Crippen molar-refractivity contribution in [1.29, 1.82) is 0 Å². The molecule has 1 aliphatic heterocycles. The summed E-state index contributed by atoms with van der Waals surface area (Å²) in [4.78, 5) is 23.1. The molecule has 0 bridgehead atoms. The van der Waals surface area contributed by atoms with Gasteiger partial charge in [0.2, 0.25) is 5.88 Å². The van der Waals surface area contributed by atoms with E-state index in [2.05, 4.69) is 16.9 Å². The standard InChI is InChI=1S/C19H22ClN3O2/c1-13-4-3-9-23(11-13)18(24)12-25-17-10-14(2)21-19(22-17)15-5-7-16(20)8-6-15/h5-8,10,13H,3-4,9,11-12H2,1-2H3/t13-/m1/s1. The molecule has 3 rings (SSSR count). The van der Waals surface area contributed by atoms with Crippen LogP contribution in [0, 0.1) is 12.8 Å². The van der Waals surface area contributed by atoms with E-state index >= 15 is 0 Å². The number of ether oxygens (including phenoxy) is 1. The maximum atomic E-state index is 12.3. The minimum atomic E-state index is 0.00321. The number of benzene rings is 1. The first-order valence-electron chi connectivity index (χ1n) is 8.53. The van der Waals surface area contributed by atoms with Gasteiger partial charge in [-0.25, -0.2) is 4.98 Å². The molecular weight excluding hydrogens is 338 g/mol. The Kier molecular flexibility index (Phi) is 5.53. The van der Waals surface area contributed by atoms with E-state index in [1.165, 1.54) is 6.42 Å². The van der Waals surface area contributed by atoms with Crippen LogP contribution < -0.4 is 4.74 Å². The normalized spacial score (nSPS) is 17.4. The van der Waals surface area contributed by atoms with Gasteiger partial charge in [-0.1, -0.05) is 18.5 Å². The van der Waals surface area contributed by atoms with Crippen molar-refractivity contribution >= 4 is 17.5 Å². The molecule has 0 unspecified atom stereocenters. The number of aromatic nitrogens is 2. The average Bonchev–Trinajstić information content (AvgIpc) is 2.60. The van der Waals surface area contributed by atoms with Crippen molar-refractivity contribution in [2.75, 3.05) is 19.7 Å². The van der Waals surface area contributed by atoms with Gasteiger partial charge in [-0.05, 0) is 49.9 Å². The second-order valence-electron chi connectivity index (χ2n) is 6.55. The lowest BCUT2D eigenvalue weighted by molar-refractivity contribution is -0.135. The summed E-state index contributed by atoms with van der Waals surface area (Å²) in [5.74, 6) is 1.54. The molecule has 1 fully saturated rings. The predicted molar refractivity (Wildman–Crippen MR) is 97.7 cm³/mol. The Morgan fingerprint density at radius 3 is 2.80 bits per heavy atom. The van der Waals surface area contributed by atoms with Crippen LogP contribution in [0.2, 0.25) is 5.02 Å². The Hall–Kier alpha value is -2.14. The van der Waals surface area contributed by atoms with Crippen molar-refractivity contribution in [3.05, 3.63) is 41.0 Å². The lowest BCUT2D eigenvalue weighted by atomic mass is 10.0. The molecule has 5 nitrogen and oxygen atoms in total. The van der Waals surface area contributed by atoms with Gasteiger partial charge in [-0.15, -0.1) is 0 Å². The van der Waals surface area contributed by atoms with Crippen molar-refractivity contribution in [3.8, 4) is 17.3 Å². The number of hydrogen-bond acceptors (Lipinski definition) is 4. The molecule has 6 heteroatoms. The second-order valence-corrected chi connectivity index (χ2v) is 6.99. The summed E-state index contributed by atoms with van der Waals surface area (Å²) in [7, 11) is 0. The topological polar surface area (TPSA) is 55.3 Å². The lowest BCUT2D eigenvalue weighted by Gasteiger charge is -2.30. The average molecular weight is 360 g/mol. The van der Waals surface area contributed by atoms with Gasteiger partial charge in [0.15, 0.2) is 12.4 Å². The number of hydrogen-bond donors (Lipinski definition) is 0. The zero-order chi connectivity index (χ0) is 17.8. The molecule has 0 aliphatic carbocycles. The van der Waals surface area contributed by atoms with Crippen LogP contribution in [-0.4, -0.2) is 40.5 Å². The van der Waals surface area contributed by atoms with Gasteiger partial charge in [0, 0.05) is 35.4 Å². The molecule has 1 aromatic carbocycles. The Bertz CT molecular complexity index is 749. The van der Waals surface area contributed by atoms with E-state index in [0.29, 0.717) is 22.6 Å². The summed E-state index contributed by atoms with van der Waals surface area (Å²) < 4.78 is 5.65. The molecule has 0 N–H and O–H groups in total. The van der Waals surface area contributed by atoms with E-state index in [0.717, 1.165) is 30.8 Å². The first kappa shape index (κ1) is 17.7. The highest BCUT2D eigenvalue weighted by atomic mass is 35.5. The molecule has 2 aromatic rings. The van der Waals surface area contributed by atoms with Crippen LogP contribution in [0.1, 0.15) is 25.5 Å². The highest BCUT2D eigenvalue weighted by Gasteiger charge is 2.21. The van der Waals surface area contributed by atoms with Crippen LogP contribution in [0.5, 0.6) is 5.88 Å². The summed E-state index contributed by atoms with van der Waals surface area (Å²) in [6, 6.07) is 9.06. The molecule has 1 amide bonds. The van der Waals surface area contributed by atoms with Crippen molar-refractivity contribution in [2.24, 2.45) is 5.92 Å².